The quantitative estimate of drug-likeness (QED) is 0.792. The predicted octanol–water partition coefficient (Wildman–Crippen LogP) is 2.66. The van der Waals surface area contributed by atoms with E-state index < -0.39 is 9.84 Å². The molecule has 1 aromatic heterocycles. The summed E-state index contributed by atoms with van der Waals surface area (Å²) in [5.41, 5.74) is 0.561. The molecule has 5 heteroatoms. The van der Waals surface area contributed by atoms with Crippen molar-refractivity contribution in [3.05, 3.63) is 57.9 Å². The molecule has 0 aliphatic rings. The second-order valence-electron chi connectivity index (χ2n) is 3.53. The Kier molecular flexibility index (Phi) is 3.78. The fraction of sp³-hybridized carbons (Fsp3) is 0.0833. The average molecular weight is 359 g/mol. The van der Waals surface area contributed by atoms with E-state index in [1.807, 2.05) is 0 Å². The number of benzene rings is 1. The van der Waals surface area contributed by atoms with Gasteiger partial charge in [0, 0.05) is 9.77 Å². The van der Waals surface area contributed by atoms with Crippen LogP contribution in [-0.2, 0) is 15.6 Å². The van der Waals surface area contributed by atoms with Crippen molar-refractivity contribution in [3.63, 3.8) is 0 Å². The fourth-order valence-corrected chi connectivity index (χ4v) is 3.04. The topological polar surface area (TPSA) is 47.0 Å². The standard InChI is InChI=1S/C12H10INO2S/c13-10-4-6-12(7-5-10)17(15,16)9-11-3-1-2-8-14-11/h1-8H,9H2. The average Bonchev–Trinajstić information content (AvgIpc) is 2.30. The highest BCUT2D eigenvalue weighted by atomic mass is 127. The van der Waals surface area contributed by atoms with Crippen molar-refractivity contribution < 1.29 is 8.42 Å². The van der Waals surface area contributed by atoms with Gasteiger partial charge in [0.1, 0.15) is 0 Å². The minimum absolute atomic E-state index is 0.0611. The zero-order valence-corrected chi connectivity index (χ0v) is 11.8. The van der Waals surface area contributed by atoms with Crippen LogP contribution in [0.4, 0.5) is 0 Å². The van der Waals surface area contributed by atoms with Crippen molar-refractivity contribution in [2.45, 2.75) is 10.6 Å². The molecule has 0 amide bonds. The van der Waals surface area contributed by atoms with Gasteiger partial charge in [0.15, 0.2) is 9.84 Å². The zero-order valence-electron chi connectivity index (χ0n) is 8.88. The van der Waals surface area contributed by atoms with Crippen LogP contribution in [0.3, 0.4) is 0 Å². The van der Waals surface area contributed by atoms with Crippen LogP contribution in [0.2, 0.25) is 0 Å². The van der Waals surface area contributed by atoms with Crippen LogP contribution in [0.1, 0.15) is 5.69 Å². The smallest absolute Gasteiger partial charge is 0.184 e. The summed E-state index contributed by atoms with van der Waals surface area (Å²) in [6.07, 6.45) is 1.60. The van der Waals surface area contributed by atoms with Crippen molar-refractivity contribution in [2.75, 3.05) is 0 Å². The summed E-state index contributed by atoms with van der Waals surface area (Å²) in [7, 11) is -3.30. The van der Waals surface area contributed by atoms with Gasteiger partial charge >= 0.3 is 0 Å². The minimum atomic E-state index is -3.30. The number of halogens is 1. The molecule has 2 rings (SSSR count). The van der Waals surface area contributed by atoms with Crippen LogP contribution in [0.5, 0.6) is 0 Å². The zero-order chi connectivity index (χ0) is 12.3. The van der Waals surface area contributed by atoms with E-state index in [4.69, 9.17) is 0 Å². The summed E-state index contributed by atoms with van der Waals surface area (Å²) in [6.45, 7) is 0. The molecule has 1 heterocycles. The summed E-state index contributed by atoms with van der Waals surface area (Å²) in [5.74, 6) is -0.0611. The molecule has 2 aromatic rings. The molecule has 17 heavy (non-hydrogen) atoms. The molecule has 0 aliphatic carbocycles. The third kappa shape index (κ3) is 3.26. The van der Waals surface area contributed by atoms with Crippen LogP contribution in [0.25, 0.3) is 0 Å². The highest BCUT2D eigenvalue weighted by Gasteiger charge is 2.15. The van der Waals surface area contributed by atoms with E-state index >= 15 is 0 Å². The lowest BCUT2D eigenvalue weighted by Crippen LogP contribution is -2.06. The molecule has 0 bridgehead atoms. The Bertz CT molecular complexity index is 594. The molecule has 0 fully saturated rings. The lowest BCUT2D eigenvalue weighted by atomic mass is 10.4. The van der Waals surface area contributed by atoms with Gasteiger partial charge in [0.05, 0.1) is 16.3 Å². The van der Waals surface area contributed by atoms with Crippen LogP contribution in [0.15, 0.2) is 53.6 Å². The first kappa shape index (κ1) is 12.5. The molecule has 0 saturated heterocycles. The van der Waals surface area contributed by atoms with E-state index in [0.29, 0.717) is 10.6 Å². The van der Waals surface area contributed by atoms with Crippen molar-refractivity contribution in [2.24, 2.45) is 0 Å². The van der Waals surface area contributed by atoms with E-state index in [1.54, 1.807) is 48.7 Å². The fourth-order valence-electron chi connectivity index (χ4n) is 1.40. The maximum absolute atomic E-state index is 12.1. The number of aromatic nitrogens is 1. The molecule has 3 nitrogen and oxygen atoms in total. The highest BCUT2D eigenvalue weighted by Crippen LogP contribution is 2.16. The SMILES string of the molecule is O=S(=O)(Cc1ccccn1)c1ccc(I)cc1. The Labute approximate surface area is 114 Å². The Hall–Kier alpha value is -0.950. The van der Waals surface area contributed by atoms with Crippen LogP contribution < -0.4 is 0 Å². The molecular formula is C12H10INO2S. The summed E-state index contributed by atoms with van der Waals surface area (Å²) in [4.78, 5) is 4.36. The molecule has 0 saturated carbocycles. The van der Waals surface area contributed by atoms with Gasteiger partial charge in [0.2, 0.25) is 0 Å². The normalized spacial score (nSPS) is 11.4. The number of pyridine rings is 1. The van der Waals surface area contributed by atoms with Gasteiger partial charge in [-0.2, -0.15) is 0 Å². The number of nitrogens with zero attached hydrogens (tertiary/aromatic N) is 1. The van der Waals surface area contributed by atoms with Crippen molar-refractivity contribution >= 4 is 32.4 Å². The van der Waals surface area contributed by atoms with Crippen molar-refractivity contribution in [1.29, 1.82) is 0 Å². The van der Waals surface area contributed by atoms with Gasteiger partial charge in [-0.1, -0.05) is 6.07 Å². The second kappa shape index (κ2) is 5.14. The van der Waals surface area contributed by atoms with Crippen LogP contribution >= 0.6 is 22.6 Å². The Morgan fingerprint density at radius 1 is 1.06 bits per heavy atom. The molecule has 0 unspecified atom stereocenters. The molecule has 0 N–H and O–H groups in total. The number of hydrogen-bond acceptors (Lipinski definition) is 3. The number of sulfone groups is 1. The molecule has 0 atom stereocenters. The maximum Gasteiger partial charge on any atom is 0.184 e. The lowest BCUT2D eigenvalue weighted by molar-refractivity contribution is 0.594. The van der Waals surface area contributed by atoms with Gasteiger partial charge in [-0.05, 0) is 59.0 Å². The van der Waals surface area contributed by atoms with E-state index in [2.05, 4.69) is 27.6 Å². The molecule has 0 radical (unpaired) electrons. The second-order valence-corrected chi connectivity index (χ2v) is 6.77. The Morgan fingerprint density at radius 3 is 2.35 bits per heavy atom. The first-order valence-corrected chi connectivity index (χ1v) is 7.69. The minimum Gasteiger partial charge on any atom is -0.260 e. The Morgan fingerprint density at radius 2 is 1.76 bits per heavy atom. The predicted molar refractivity (Wildman–Crippen MR) is 74.3 cm³/mol. The van der Waals surface area contributed by atoms with Crippen LogP contribution in [-0.4, -0.2) is 13.4 Å². The number of hydrogen-bond donors (Lipinski definition) is 0. The van der Waals surface area contributed by atoms with E-state index in [0.717, 1.165) is 3.57 Å². The Balaban J connectivity index is 2.29. The molecule has 0 aliphatic heterocycles. The van der Waals surface area contributed by atoms with Crippen LogP contribution in [0, 0.1) is 3.57 Å². The highest BCUT2D eigenvalue weighted by molar-refractivity contribution is 14.1. The van der Waals surface area contributed by atoms with Gasteiger partial charge in [-0.15, -0.1) is 0 Å². The van der Waals surface area contributed by atoms with E-state index in [9.17, 15) is 8.42 Å². The first-order chi connectivity index (χ1) is 8.08. The largest absolute Gasteiger partial charge is 0.260 e. The van der Waals surface area contributed by atoms with Crippen molar-refractivity contribution in [1.82, 2.24) is 4.98 Å². The molecular weight excluding hydrogens is 349 g/mol. The molecule has 88 valence electrons. The summed E-state index contributed by atoms with van der Waals surface area (Å²) in [5, 5.41) is 0. The summed E-state index contributed by atoms with van der Waals surface area (Å²) in [6, 6.07) is 12.1. The van der Waals surface area contributed by atoms with E-state index in [-0.39, 0.29) is 5.75 Å². The third-order valence-corrected chi connectivity index (χ3v) is 4.62. The number of rotatable bonds is 3. The monoisotopic (exact) mass is 359 g/mol. The van der Waals surface area contributed by atoms with Gasteiger partial charge in [0.25, 0.3) is 0 Å². The van der Waals surface area contributed by atoms with Gasteiger partial charge < -0.3 is 0 Å². The molecule has 0 spiro atoms. The van der Waals surface area contributed by atoms with Crippen molar-refractivity contribution in [3.8, 4) is 0 Å². The van der Waals surface area contributed by atoms with Gasteiger partial charge in [-0.25, -0.2) is 8.42 Å². The van der Waals surface area contributed by atoms with E-state index in [1.165, 1.54) is 0 Å². The summed E-state index contributed by atoms with van der Waals surface area (Å²) < 4.78 is 25.2. The third-order valence-electron chi connectivity index (χ3n) is 2.24. The first-order valence-electron chi connectivity index (χ1n) is 4.96. The maximum atomic E-state index is 12.1. The summed E-state index contributed by atoms with van der Waals surface area (Å²) >= 11 is 2.14. The molecule has 1 aromatic carbocycles. The lowest BCUT2D eigenvalue weighted by Gasteiger charge is -2.03. The van der Waals surface area contributed by atoms with Gasteiger partial charge in [-0.3, -0.25) is 4.98 Å².